The molecule has 0 amide bonds. The van der Waals surface area contributed by atoms with Crippen molar-refractivity contribution in [1.29, 1.82) is 0 Å². The zero-order valence-electron chi connectivity index (χ0n) is 36.8. The van der Waals surface area contributed by atoms with E-state index in [1.807, 2.05) is 11.3 Å². The van der Waals surface area contributed by atoms with Gasteiger partial charge in [0.05, 0.1) is 16.4 Å². The van der Waals surface area contributed by atoms with E-state index in [-0.39, 0.29) is 0 Å². The maximum Gasteiger partial charge on any atom is 0.213 e. The third kappa shape index (κ3) is 6.19. The predicted octanol–water partition coefficient (Wildman–Crippen LogP) is 18.2. The van der Waals surface area contributed by atoms with Crippen LogP contribution in [0.15, 0.2) is 247 Å². The van der Waals surface area contributed by atoms with Gasteiger partial charge in [-0.05, 0) is 116 Å². The minimum Gasteiger partial charge on any atom is -0.439 e. The highest BCUT2D eigenvalue weighted by Gasteiger charge is 2.22. The molecule has 0 atom stereocenters. The van der Waals surface area contributed by atoms with Gasteiger partial charge in [0.1, 0.15) is 10.4 Å². The van der Waals surface area contributed by atoms with Gasteiger partial charge in [-0.1, -0.05) is 182 Å². The molecule has 68 heavy (non-hydrogen) atoms. The lowest BCUT2D eigenvalue weighted by molar-refractivity contribution is 0.645. The first-order valence-corrected chi connectivity index (χ1v) is 24.0. The highest BCUT2D eigenvalue weighted by Crippen LogP contribution is 2.45. The Morgan fingerprint density at radius 3 is 1.24 bits per heavy atom. The molecule has 0 unspecified atom stereocenters. The Labute approximate surface area is 396 Å². The summed E-state index contributed by atoms with van der Waals surface area (Å²) in [6.45, 7) is 0. The maximum atomic E-state index is 6.74. The van der Waals surface area contributed by atoms with Gasteiger partial charge in [0, 0.05) is 43.0 Å². The van der Waals surface area contributed by atoms with E-state index in [0.717, 1.165) is 39.0 Å². The van der Waals surface area contributed by atoms with Gasteiger partial charge in [0.25, 0.3) is 0 Å². The summed E-state index contributed by atoms with van der Waals surface area (Å²) in [6, 6.07) is 87.9. The Hall–Kier alpha value is -8.70. The number of furan rings is 1. The summed E-state index contributed by atoms with van der Waals surface area (Å²) in [6.07, 6.45) is 0. The van der Waals surface area contributed by atoms with Crippen LogP contribution in [0.4, 0.5) is 0 Å². The van der Waals surface area contributed by atoms with E-state index >= 15 is 0 Å². The van der Waals surface area contributed by atoms with E-state index in [2.05, 4.69) is 252 Å². The van der Waals surface area contributed by atoms with Gasteiger partial charge in [-0.15, -0.1) is 11.3 Å². The zero-order valence-corrected chi connectivity index (χ0v) is 37.6. The van der Waals surface area contributed by atoms with Gasteiger partial charge in [0.15, 0.2) is 0 Å². The maximum absolute atomic E-state index is 6.74. The number of nitrogens with zero attached hydrogens (tertiary/aromatic N) is 2. The van der Waals surface area contributed by atoms with Crippen LogP contribution in [0, 0.1) is 0 Å². The Morgan fingerprint density at radius 1 is 0.294 bits per heavy atom. The average Bonchev–Trinajstić information content (AvgIpc) is 4.16. The molecule has 318 valence electrons. The molecule has 14 rings (SSSR count). The van der Waals surface area contributed by atoms with Crippen LogP contribution in [-0.4, -0.2) is 9.13 Å². The van der Waals surface area contributed by atoms with Crippen LogP contribution >= 0.6 is 11.3 Å². The predicted molar refractivity (Wildman–Crippen MR) is 287 cm³/mol. The molecule has 0 saturated carbocycles. The number of hydrogen-bond acceptors (Lipinski definition) is 2. The van der Waals surface area contributed by atoms with E-state index in [1.54, 1.807) is 0 Å². The molecule has 0 aliphatic carbocycles. The van der Waals surface area contributed by atoms with E-state index in [9.17, 15) is 0 Å². The van der Waals surface area contributed by atoms with E-state index in [4.69, 9.17) is 4.42 Å². The number of hydrogen-bond donors (Lipinski definition) is 0. The number of fused-ring (bicyclic) bond motifs is 10. The second-order valence-electron chi connectivity index (χ2n) is 17.7. The normalized spacial score (nSPS) is 11.8. The molecule has 0 fully saturated rings. The van der Waals surface area contributed by atoms with Crippen molar-refractivity contribution in [1.82, 2.24) is 9.13 Å². The first-order chi connectivity index (χ1) is 33.7. The van der Waals surface area contributed by atoms with Crippen LogP contribution in [0.25, 0.3) is 131 Å². The van der Waals surface area contributed by atoms with Crippen LogP contribution in [0.5, 0.6) is 0 Å². The summed E-state index contributed by atoms with van der Waals surface area (Å²) in [4.78, 5) is 1.26. The third-order valence-electron chi connectivity index (χ3n) is 13.8. The SMILES string of the molecule is c1ccc(-c2ccc(-c3ccc(-n4c5ccc(-c6ccc7c(c6)c6c8ccccc8sc6n7-c6ccc(-c7ccc(-c8ccccc8)cc7)cc6)cc5c5c6ccccc6oc54)cc3)cc2)cc1. The first kappa shape index (κ1) is 38.6. The molecular formula is C64H40N2OS. The summed E-state index contributed by atoms with van der Waals surface area (Å²) >= 11 is 1.87. The molecule has 3 nitrogen and oxygen atoms in total. The van der Waals surface area contributed by atoms with Gasteiger partial charge in [-0.2, -0.15) is 0 Å². The van der Waals surface area contributed by atoms with Gasteiger partial charge < -0.3 is 8.98 Å². The fraction of sp³-hybridized carbons (Fsp3) is 0. The second-order valence-corrected chi connectivity index (χ2v) is 18.7. The van der Waals surface area contributed by atoms with Crippen molar-refractivity contribution in [2.75, 3.05) is 0 Å². The second kappa shape index (κ2) is 15.5. The lowest BCUT2D eigenvalue weighted by Gasteiger charge is -2.11. The monoisotopic (exact) mass is 884 g/mol. The molecule has 4 aromatic heterocycles. The van der Waals surface area contributed by atoms with Gasteiger partial charge >= 0.3 is 0 Å². The Kier molecular flexibility index (Phi) is 8.76. The van der Waals surface area contributed by atoms with Gasteiger partial charge in [-0.25, -0.2) is 0 Å². The third-order valence-corrected chi connectivity index (χ3v) is 15.0. The van der Waals surface area contributed by atoms with Crippen molar-refractivity contribution >= 4 is 75.5 Å². The van der Waals surface area contributed by atoms with Crippen LogP contribution in [-0.2, 0) is 0 Å². The molecular weight excluding hydrogens is 845 g/mol. The number of rotatable bonds is 7. The Morgan fingerprint density at radius 2 is 0.691 bits per heavy atom. The molecule has 0 spiro atoms. The summed E-state index contributed by atoms with van der Waals surface area (Å²) in [7, 11) is 0. The molecule has 0 radical (unpaired) electrons. The summed E-state index contributed by atoms with van der Waals surface area (Å²) in [5.41, 5.74) is 18.3. The number of benzene rings is 10. The summed E-state index contributed by atoms with van der Waals surface area (Å²) in [5, 5.41) is 7.26. The minimum atomic E-state index is 0.854. The van der Waals surface area contributed by atoms with Crippen molar-refractivity contribution in [2.45, 2.75) is 0 Å². The number of para-hydroxylation sites is 1. The Balaban J connectivity index is 0.859. The average molecular weight is 885 g/mol. The fourth-order valence-corrected chi connectivity index (χ4v) is 11.7. The van der Waals surface area contributed by atoms with Crippen molar-refractivity contribution in [3.63, 3.8) is 0 Å². The molecule has 0 aliphatic rings. The topological polar surface area (TPSA) is 23.0 Å². The van der Waals surface area contributed by atoms with Crippen molar-refractivity contribution < 1.29 is 4.42 Å². The smallest absolute Gasteiger partial charge is 0.213 e. The molecule has 14 aromatic rings. The van der Waals surface area contributed by atoms with E-state index < -0.39 is 0 Å². The molecule has 4 heterocycles. The molecule has 0 aliphatic heterocycles. The van der Waals surface area contributed by atoms with Crippen LogP contribution in [0.2, 0.25) is 0 Å². The quantitative estimate of drug-likeness (QED) is 0.156. The lowest BCUT2D eigenvalue weighted by atomic mass is 10.00. The van der Waals surface area contributed by atoms with Crippen LogP contribution < -0.4 is 0 Å². The van der Waals surface area contributed by atoms with Gasteiger partial charge in [0.2, 0.25) is 5.71 Å². The molecule has 0 bridgehead atoms. The largest absolute Gasteiger partial charge is 0.439 e. The highest BCUT2D eigenvalue weighted by atomic mass is 32.1. The van der Waals surface area contributed by atoms with Crippen LogP contribution in [0.1, 0.15) is 0 Å². The van der Waals surface area contributed by atoms with Crippen molar-refractivity contribution in [3.8, 4) is 67.0 Å². The van der Waals surface area contributed by atoms with E-state index in [0.29, 0.717) is 0 Å². The summed E-state index contributed by atoms with van der Waals surface area (Å²) < 4.78 is 12.8. The minimum absolute atomic E-state index is 0.854. The number of aromatic nitrogens is 2. The van der Waals surface area contributed by atoms with Crippen molar-refractivity contribution in [2.24, 2.45) is 0 Å². The highest BCUT2D eigenvalue weighted by molar-refractivity contribution is 7.25. The molecule has 0 N–H and O–H groups in total. The molecule has 0 saturated heterocycles. The lowest BCUT2D eigenvalue weighted by Crippen LogP contribution is -1.93. The van der Waals surface area contributed by atoms with E-state index in [1.165, 1.54) is 92.2 Å². The van der Waals surface area contributed by atoms with Crippen molar-refractivity contribution in [3.05, 3.63) is 243 Å². The zero-order chi connectivity index (χ0) is 44.7. The fourth-order valence-electron chi connectivity index (χ4n) is 10.4. The van der Waals surface area contributed by atoms with Crippen LogP contribution in [0.3, 0.4) is 0 Å². The van der Waals surface area contributed by atoms with Gasteiger partial charge in [-0.3, -0.25) is 4.57 Å². The first-order valence-electron chi connectivity index (χ1n) is 23.1. The summed E-state index contributed by atoms with van der Waals surface area (Å²) in [5.74, 6) is 0. The Bertz CT molecular complexity index is 3920. The standard InChI is InChI=1S/C64H40N2OS/c1-3-11-41(12-4-1)43-19-23-45(24-20-43)47-27-33-51(34-28-47)65-57-37-31-49(39-55(57)61-53-15-7-9-17-59(53)67-63(61)65)50-32-38-58-56(40-50)62-54-16-8-10-18-60(54)68-64(62)66(58)52-35-29-48(30-36-52)46-25-21-44(22-26-46)42-13-5-2-6-14-42/h1-40H. The molecule has 10 aromatic carbocycles. The molecule has 4 heteroatoms. The number of thiophene rings is 1.